The van der Waals surface area contributed by atoms with Crippen LogP contribution in [0.3, 0.4) is 0 Å². The van der Waals surface area contributed by atoms with Gasteiger partial charge in [0.05, 0.1) is 6.10 Å². The molecule has 4 nitrogen and oxygen atoms in total. The summed E-state index contributed by atoms with van der Waals surface area (Å²) in [5, 5.41) is 12.1. The number of urea groups is 1. The van der Waals surface area contributed by atoms with Gasteiger partial charge < -0.3 is 15.3 Å². The fourth-order valence-corrected chi connectivity index (χ4v) is 2.69. The number of hydrogen-bond acceptors (Lipinski definition) is 3. The summed E-state index contributed by atoms with van der Waals surface area (Å²) in [5.41, 5.74) is 0. The summed E-state index contributed by atoms with van der Waals surface area (Å²) < 4.78 is 0. The summed E-state index contributed by atoms with van der Waals surface area (Å²) in [7, 11) is 1.71. The second kappa shape index (κ2) is 6.23. The van der Waals surface area contributed by atoms with Crippen molar-refractivity contribution >= 4 is 17.8 Å². The predicted molar refractivity (Wildman–Crippen MR) is 63.2 cm³/mol. The van der Waals surface area contributed by atoms with Crippen LogP contribution in [0.25, 0.3) is 0 Å². The fraction of sp³-hybridized carbons (Fsp3) is 0.900. The van der Waals surface area contributed by atoms with Crippen molar-refractivity contribution in [2.24, 2.45) is 0 Å². The van der Waals surface area contributed by atoms with E-state index in [0.717, 1.165) is 12.2 Å². The number of likely N-dealkylation sites (N-methyl/N-ethyl adjacent to an activating group) is 1. The molecule has 15 heavy (non-hydrogen) atoms. The minimum Gasteiger partial charge on any atom is -0.392 e. The van der Waals surface area contributed by atoms with Crippen molar-refractivity contribution in [3.05, 3.63) is 0 Å². The van der Waals surface area contributed by atoms with Crippen molar-refractivity contribution in [1.29, 1.82) is 0 Å². The third-order valence-corrected chi connectivity index (χ3v) is 3.59. The van der Waals surface area contributed by atoms with Gasteiger partial charge in [-0.05, 0) is 25.5 Å². The second-order valence-corrected chi connectivity index (χ2v) is 5.24. The quantitative estimate of drug-likeness (QED) is 0.760. The van der Waals surface area contributed by atoms with Crippen LogP contribution in [-0.4, -0.2) is 53.3 Å². The zero-order valence-electron chi connectivity index (χ0n) is 9.40. The normalized spacial score (nSPS) is 23.3. The van der Waals surface area contributed by atoms with Gasteiger partial charge in [0.2, 0.25) is 0 Å². The molecule has 1 aliphatic heterocycles. The lowest BCUT2D eigenvalue weighted by molar-refractivity contribution is 0.142. The third kappa shape index (κ3) is 4.75. The molecular weight excluding hydrogens is 212 g/mol. The molecule has 0 aromatic heterocycles. The first-order valence-electron chi connectivity index (χ1n) is 5.37. The number of rotatable bonds is 3. The molecule has 0 aromatic carbocycles. The van der Waals surface area contributed by atoms with E-state index in [2.05, 4.69) is 5.32 Å². The number of thioether (sulfide) groups is 1. The molecule has 5 heteroatoms. The Kier molecular flexibility index (Phi) is 5.25. The molecular formula is C10H20N2O2S. The van der Waals surface area contributed by atoms with Crippen LogP contribution in [0.1, 0.15) is 19.8 Å². The van der Waals surface area contributed by atoms with Crippen molar-refractivity contribution in [3.63, 3.8) is 0 Å². The van der Waals surface area contributed by atoms with Crippen molar-refractivity contribution < 1.29 is 9.90 Å². The number of aliphatic hydroxyl groups is 1. The van der Waals surface area contributed by atoms with Gasteiger partial charge in [-0.15, -0.1) is 0 Å². The Morgan fingerprint density at radius 1 is 1.73 bits per heavy atom. The molecule has 2 N–H and O–H groups in total. The van der Waals surface area contributed by atoms with Gasteiger partial charge >= 0.3 is 6.03 Å². The zero-order valence-corrected chi connectivity index (χ0v) is 10.2. The van der Waals surface area contributed by atoms with E-state index in [1.54, 1.807) is 14.0 Å². The summed E-state index contributed by atoms with van der Waals surface area (Å²) in [6.45, 7) is 2.06. The standard InChI is InChI=1S/C10H20N2O2S/c1-8(13)6-12(2)10(14)11-9-4-3-5-15-7-9/h8-9,13H,3-7H2,1-2H3,(H,11,14). The smallest absolute Gasteiger partial charge is 0.317 e. The van der Waals surface area contributed by atoms with Gasteiger partial charge in [0.1, 0.15) is 0 Å². The Morgan fingerprint density at radius 2 is 2.47 bits per heavy atom. The Labute approximate surface area is 95.4 Å². The summed E-state index contributed by atoms with van der Waals surface area (Å²) in [4.78, 5) is 13.2. The molecule has 0 aliphatic carbocycles. The molecule has 2 atom stereocenters. The predicted octanol–water partition coefficient (Wildman–Crippen LogP) is 0.904. The second-order valence-electron chi connectivity index (χ2n) is 4.09. The molecule has 0 spiro atoms. The molecule has 2 unspecified atom stereocenters. The van der Waals surface area contributed by atoms with Gasteiger partial charge in [-0.25, -0.2) is 4.79 Å². The first kappa shape index (κ1) is 12.6. The summed E-state index contributed by atoms with van der Waals surface area (Å²) in [6, 6.07) is 0.219. The number of hydrogen-bond donors (Lipinski definition) is 2. The SMILES string of the molecule is CC(O)CN(C)C(=O)NC1CCCSC1. The molecule has 1 heterocycles. The van der Waals surface area contributed by atoms with Gasteiger partial charge in [-0.1, -0.05) is 0 Å². The first-order valence-corrected chi connectivity index (χ1v) is 6.52. The lowest BCUT2D eigenvalue weighted by atomic mass is 10.2. The molecule has 1 rings (SSSR count). The fourth-order valence-electron chi connectivity index (χ4n) is 1.62. The highest BCUT2D eigenvalue weighted by atomic mass is 32.2. The summed E-state index contributed by atoms with van der Waals surface area (Å²) in [6.07, 6.45) is 1.78. The highest BCUT2D eigenvalue weighted by Gasteiger charge is 2.18. The molecule has 1 saturated heterocycles. The number of carbonyl (C=O) groups excluding carboxylic acids is 1. The minimum absolute atomic E-state index is 0.0802. The van der Waals surface area contributed by atoms with E-state index in [0.29, 0.717) is 12.6 Å². The van der Waals surface area contributed by atoms with Crippen LogP contribution < -0.4 is 5.32 Å². The minimum atomic E-state index is -0.471. The van der Waals surface area contributed by atoms with E-state index < -0.39 is 6.10 Å². The Balaban J connectivity index is 2.27. The van der Waals surface area contributed by atoms with E-state index in [4.69, 9.17) is 5.11 Å². The molecule has 1 aliphatic rings. The van der Waals surface area contributed by atoms with E-state index in [-0.39, 0.29) is 6.03 Å². The largest absolute Gasteiger partial charge is 0.392 e. The highest BCUT2D eigenvalue weighted by molar-refractivity contribution is 7.99. The third-order valence-electron chi connectivity index (χ3n) is 2.37. The van der Waals surface area contributed by atoms with Gasteiger partial charge in [0, 0.05) is 25.4 Å². The molecule has 1 fully saturated rings. The Bertz CT molecular complexity index is 206. The van der Waals surface area contributed by atoms with Gasteiger partial charge in [0.25, 0.3) is 0 Å². The number of aliphatic hydroxyl groups excluding tert-OH is 1. The maximum atomic E-state index is 11.6. The maximum Gasteiger partial charge on any atom is 0.317 e. The number of nitrogens with zero attached hydrogens (tertiary/aromatic N) is 1. The monoisotopic (exact) mass is 232 g/mol. The van der Waals surface area contributed by atoms with Crippen molar-refractivity contribution in [3.8, 4) is 0 Å². The highest BCUT2D eigenvalue weighted by Crippen LogP contribution is 2.16. The lowest BCUT2D eigenvalue weighted by Gasteiger charge is -2.26. The van der Waals surface area contributed by atoms with E-state index >= 15 is 0 Å². The molecule has 0 saturated carbocycles. The van der Waals surface area contributed by atoms with E-state index in [1.165, 1.54) is 17.1 Å². The molecule has 0 bridgehead atoms. The topological polar surface area (TPSA) is 52.6 Å². The number of nitrogens with one attached hydrogen (secondary N) is 1. The Morgan fingerprint density at radius 3 is 3.00 bits per heavy atom. The van der Waals surface area contributed by atoms with Crippen LogP contribution >= 0.6 is 11.8 Å². The van der Waals surface area contributed by atoms with Crippen molar-refractivity contribution in [2.45, 2.75) is 31.9 Å². The summed E-state index contributed by atoms with van der Waals surface area (Å²) >= 11 is 1.89. The molecule has 0 radical (unpaired) electrons. The summed E-state index contributed by atoms with van der Waals surface area (Å²) in [5.74, 6) is 2.21. The van der Waals surface area contributed by atoms with Gasteiger partial charge in [-0.3, -0.25) is 0 Å². The maximum absolute atomic E-state index is 11.6. The van der Waals surface area contributed by atoms with Crippen molar-refractivity contribution in [2.75, 3.05) is 25.1 Å². The Hall–Kier alpha value is -0.420. The zero-order chi connectivity index (χ0) is 11.3. The molecule has 0 aromatic rings. The van der Waals surface area contributed by atoms with E-state index in [9.17, 15) is 4.79 Å². The molecule has 88 valence electrons. The van der Waals surface area contributed by atoms with Crippen LogP contribution in [0.4, 0.5) is 4.79 Å². The van der Waals surface area contributed by atoms with Crippen molar-refractivity contribution in [1.82, 2.24) is 10.2 Å². The van der Waals surface area contributed by atoms with Gasteiger partial charge in [0.15, 0.2) is 0 Å². The van der Waals surface area contributed by atoms with Crippen LogP contribution in [-0.2, 0) is 0 Å². The number of carbonyl (C=O) groups is 1. The van der Waals surface area contributed by atoms with Crippen LogP contribution in [0.15, 0.2) is 0 Å². The lowest BCUT2D eigenvalue weighted by Crippen LogP contribution is -2.46. The first-order chi connectivity index (χ1) is 7.09. The van der Waals surface area contributed by atoms with Crippen LogP contribution in [0.2, 0.25) is 0 Å². The van der Waals surface area contributed by atoms with Crippen LogP contribution in [0, 0.1) is 0 Å². The average Bonchev–Trinajstić information content (AvgIpc) is 2.18. The molecule has 2 amide bonds. The number of amides is 2. The van der Waals surface area contributed by atoms with Crippen LogP contribution in [0.5, 0.6) is 0 Å². The average molecular weight is 232 g/mol. The van der Waals surface area contributed by atoms with E-state index in [1.807, 2.05) is 11.8 Å². The van der Waals surface area contributed by atoms with Gasteiger partial charge in [-0.2, -0.15) is 11.8 Å².